The summed E-state index contributed by atoms with van der Waals surface area (Å²) in [5, 5.41) is 9.94. The normalized spacial score (nSPS) is 12.2. The van der Waals surface area contributed by atoms with E-state index in [9.17, 15) is 4.79 Å². The van der Waals surface area contributed by atoms with Gasteiger partial charge in [-0.3, -0.25) is 9.89 Å². The third-order valence-corrected chi connectivity index (χ3v) is 3.30. The van der Waals surface area contributed by atoms with Crippen LogP contribution in [-0.4, -0.2) is 16.1 Å². The Morgan fingerprint density at radius 1 is 1.32 bits per heavy atom. The maximum absolute atomic E-state index is 12.4. The van der Waals surface area contributed by atoms with Gasteiger partial charge in [0, 0.05) is 0 Å². The first kappa shape index (κ1) is 13.3. The van der Waals surface area contributed by atoms with Crippen LogP contribution >= 0.6 is 0 Å². The molecule has 0 saturated carbocycles. The Bertz CT molecular complexity index is 541. The molecule has 0 spiro atoms. The summed E-state index contributed by atoms with van der Waals surface area (Å²) in [5.74, 6) is -0.115. The molecule has 0 aliphatic rings. The van der Waals surface area contributed by atoms with Gasteiger partial charge in [-0.25, -0.2) is 0 Å². The summed E-state index contributed by atoms with van der Waals surface area (Å²) in [5.41, 5.74) is 3.53. The number of hydrogen-bond donors (Lipinski definition) is 2. The van der Waals surface area contributed by atoms with Crippen molar-refractivity contribution in [2.75, 3.05) is 5.32 Å². The van der Waals surface area contributed by atoms with Gasteiger partial charge in [0.1, 0.15) is 0 Å². The van der Waals surface area contributed by atoms with E-state index >= 15 is 0 Å². The summed E-state index contributed by atoms with van der Waals surface area (Å²) in [6, 6.07) is 9.85. The third-order valence-electron chi connectivity index (χ3n) is 3.30. The summed E-state index contributed by atoms with van der Waals surface area (Å²) in [6.45, 7) is 5.80. The molecule has 100 valence electrons. The van der Waals surface area contributed by atoms with E-state index in [0.717, 1.165) is 29.1 Å². The number of benzene rings is 1. The molecule has 1 aromatic carbocycles. The number of carbonyl (C=O) groups is 1. The molecule has 0 aliphatic heterocycles. The average molecular weight is 257 g/mol. The monoisotopic (exact) mass is 257 g/mol. The molecule has 2 rings (SSSR count). The molecule has 1 unspecified atom stereocenters. The molecule has 1 atom stereocenters. The molecule has 0 bridgehead atoms. The van der Waals surface area contributed by atoms with Gasteiger partial charge < -0.3 is 5.32 Å². The van der Waals surface area contributed by atoms with Crippen molar-refractivity contribution >= 4 is 11.6 Å². The van der Waals surface area contributed by atoms with Gasteiger partial charge in [-0.15, -0.1) is 0 Å². The topological polar surface area (TPSA) is 57.8 Å². The van der Waals surface area contributed by atoms with E-state index in [1.165, 1.54) is 0 Å². The van der Waals surface area contributed by atoms with Gasteiger partial charge >= 0.3 is 0 Å². The van der Waals surface area contributed by atoms with Gasteiger partial charge in [0.15, 0.2) is 0 Å². The molecular weight excluding hydrogens is 238 g/mol. The van der Waals surface area contributed by atoms with Gasteiger partial charge in [-0.1, -0.05) is 37.3 Å². The quantitative estimate of drug-likeness (QED) is 0.884. The van der Waals surface area contributed by atoms with E-state index in [1.54, 1.807) is 0 Å². The molecule has 2 aromatic rings. The van der Waals surface area contributed by atoms with E-state index in [-0.39, 0.29) is 11.8 Å². The van der Waals surface area contributed by atoms with Crippen LogP contribution in [0, 0.1) is 13.8 Å². The lowest BCUT2D eigenvalue weighted by Crippen LogP contribution is -2.21. The summed E-state index contributed by atoms with van der Waals surface area (Å²) in [6.07, 6.45) is 0.770. The zero-order valence-corrected chi connectivity index (χ0v) is 11.5. The van der Waals surface area contributed by atoms with Crippen LogP contribution in [-0.2, 0) is 4.79 Å². The van der Waals surface area contributed by atoms with Gasteiger partial charge in [-0.05, 0) is 25.8 Å². The highest BCUT2D eigenvalue weighted by atomic mass is 16.1. The standard InChI is InChI=1S/C15H19N3O/c1-4-13(12-8-6-5-7-9-12)15(19)16-14-10(2)17-18-11(14)3/h5-9,13H,4H2,1-3H3,(H,16,19)(H,17,18). The number of aromatic nitrogens is 2. The van der Waals surface area contributed by atoms with Gasteiger partial charge in [0.05, 0.1) is 23.0 Å². The van der Waals surface area contributed by atoms with E-state index in [2.05, 4.69) is 15.5 Å². The van der Waals surface area contributed by atoms with Crippen molar-refractivity contribution in [3.63, 3.8) is 0 Å². The fraction of sp³-hybridized carbons (Fsp3) is 0.333. The Morgan fingerprint density at radius 2 is 2.00 bits per heavy atom. The molecule has 1 amide bonds. The minimum Gasteiger partial charge on any atom is -0.322 e. The zero-order valence-electron chi connectivity index (χ0n) is 11.5. The summed E-state index contributed by atoms with van der Waals surface area (Å²) < 4.78 is 0. The van der Waals surface area contributed by atoms with Gasteiger partial charge in [0.25, 0.3) is 0 Å². The van der Waals surface area contributed by atoms with Crippen LogP contribution in [0.4, 0.5) is 5.69 Å². The fourth-order valence-electron chi connectivity index (χ4n) is 2.20. The lowest BCUT2D eigenvalue weighted by atomic mass is 9.95. The van der Waals surface area contributed by atoms with Crippen LogP contribution in [0.2, 0.25) is 0 Å². The second kappa shape index (κ2) is 5.69. The highest BCUT2D eigenvalue weighted by Crippen LogP contribution is 2.23. The fourth-order valence-corrected chi connectivity index (χ4v) is 2.20. The second-order valence-corrected chi connectivity index (χ2v) is 4.67. The number of aromatic amines is 1. The molecule has 0 aliphatic carbocycles. The Balaban J connectivity index is 2.19. The predicted octanol–water partition coefficient (Wildman–Crippen LogP) is 3.16. The first-order valence-electron chi connectivity index (χ1n) is 6.50. The van der Waals surface area contributed by atoms with Crippen LogP contribution in [0.1, 0.15) is 36.2 Å². The van der Waals surface area contributed by atoms with Crippen molar-refractivity contribution in [2.24, 2.45) is 0 Å². The highest BCUT2D eigenvalue weighted by molar-refractivity contribution is 5.96. The van der Waals surface area contributed by atoms with Crippen LogP contribution < -0.4 is 5.32 Å². The number of hydrogen-bond acceptors (Lipinski definition) is 2. The number of nitrogens with one attached hydrogen (secondary N) is 2. The third kappa shape index (κ3) is 2.84. The number of nitrogens with zero attached hydrogens (tertiary/aromatic N) is 1. The second-order valence-electron chi connectivity index (χ2n) is 4.67. The van der Waals surface area contributed by atoms with Crippen molar-refractivity contribution in [1.29, 1.82) is 0 Å². The Labute approximate surface area is 113 Å². The largest absolute Gasteiger partial charge is 0.322 e. The number of anilines is 1. The van der Waals surface area contributed by atoms with E-state index in [1.807, 2.05) is 51.1 Å². The number of aryl methyl sites for hydroxylation is 2. The first-order valence-corrected chi connectivity index (χ1v) is 6.50. The maximum atomic E-state index is 12.4. The average Bonchev–Trinajstić information content (AvgIpc) is 2.73. The molecular formula is C15H19N3O. The number of amides is 1. The first-order chi connectivity index (χ1) is 9.13. The van der Waals surface area contributed by atoms with Crippen molar-refractivity contribution < 1.29 is 4.79 Å². The number of rotatable bonds is 4. The molecule has 1 heterocycles. The molecule has 1 aromatic heterocycles. The molecule has 19 heavy (non-hydrogen) atoms. The van der Waals surface area contributed by atoms with E-state index in [4.69, 9.17) is 0 Å². The van der Waals surface area contributed by atoms with E-state index in [0.29, 0.717) is 0 Å². The smallest absolute Gasteiger partial charge is 0.232 e. The van der Waals surface area contributed by atoms with Gasteiger partial charge in [0.2, 0.25) is 5.91 Å². The van der Waals surface area contributed by atoms with Crippen LogP contribution in [0.25, 0.3) is 0 Å². The lowest BCUT2D eigenvalue weighted by Gasteiger charge is -2.15. The number of carbonyl (C=O) groups excluding carboxylic acids is 1. The Hall–Kier alpha value is -2.10. The van der Waals surface area contributed by atoms with Crippen molar-refractivity contribution in [3.05, 3.63) is 47.3 Å². The molecule has 0 fully saturated rings. The minimum atomic E-state index is -0.130. The van der Waals surface area contributed by atoms with Crippen LogP contribution in [0.3, 0.4) is 0 Å². The zero-order chi connectivity index (χ0) is 13.8. The predicted molar refractivity (Wildman–Crippen MR) is 76.2 cm³/mol. The van der Waals surface area contributed by atoms with Crippen molar-refractivity contribution in [2.45, 2.75) is 33.1 Å². The van der Waals surface area contributed by atoms with Crippen molar-refractivity contribution in [1.82, 2.24) is 10.2 Å². The summed E-state index contributed by atoms with van der Waals surface area (Å²) >= 11 is 0. The highest BCUT2D eigenvalue weighted by Gasteiger charge is 2.20. The molecule has 2 N–H and O–H groups in total. The molecule has 0 saturated heterocycles. The SMILES string of the molecule is CCC(C(=O)Nc1c(C)n[nH]c1C)c1ccccc1. The Morgan fingerprint density at radius 3 is 2.53 bits per heavy atom. The minimum absolute atomic E-state index is 0.0151. The van der Waals surface area contributed by atoms with E-state index < -0.39 is 0 Å². The Kier molecular flexibility index (Phi) is 4.00. The van der Waals surface area contributed by atoms with Crippen LogP contribution in [0.5, 0.6) is 0 Å². The lowest BCUT2D eigenvalue weighted by molar-refractivity contribution is -0.117. The number of H-pyrrole nitrogens is 1. The summed E-state index contributed by atoms with van der Waals surface area (Å²) in [4.78, 5) is 12.4. The van der Waals surface area contributed by atoms with Crippen LogP contribution in [0.15, 0.2) is 30.3 Å². The molecule has 0 radical (unpaired) electrons. The molecule has 4 nitrogen and oxygen atoms in total. The summed E-state index contributed by atoms with van der Waals surface area (Å²) in [7, 11) is 0. The van der Waals surface area contributed by atoms with Gasteiger partial charge in [-0.2, -0.15) is 5.10 Å². The molecule has 4 heteroatoms. The maximum Gasteiger partial charge on any atom is 0.232 e. The van der Waals surface area contributed by atoms with Crippen molar-refractivity contribution in [3.8, 4) is 0 Å².